The molecule has 0 bridgehead atoms. The molecule has 3 N–H and O–H groups in total. The predicted molar refractivity (Wildman–Crippen MR) is 131 cm³/mol. The fourth-order valence-corrected chi connectivity index (χ4v) is 5.29. The van der Waals surface area contributed by atoms with Crippen molar-refractivity contribution in [1.29, 1.82) is 0 Å². The maximum atomic E-state index is 12.7. The second kappa shape index (κ2) is 12.4. The number of ether oxygens (including phenoxy) is 1. The van der Waals surface area contributed by atoms with Crippen molar-refractivity contribution < 1.29 is 41.0 Å². The molecular formula is C24H28F3N3O6S. The van der Waals surface area contributed by atoms with Crippen molar-refractivity contribution in [3.63, 3.8) is 0 Å². The normalized spacial score (nSPS) is 16.9. The van der Waals surface area contributed by atoms with Gasteiger partial charge in [0, 0.05) is 50.6 Å². The van der Waals surface area contributed by atoms with Crippen LogP contribution in [0.1, 0.15) is 23.2 Å². The predicted octanol–water partition coefficient (Wildman–Crippen LogP) is 2.95. The van der Waals surface area contributed by atoms with Crippen LogP contribution in [0.5, 0.6) is 0 Å². The first-order valence-electron chi connectivity index (χ1n) is 11.6. The van der Waals surface area contributed by atoms with E-state index in [2.05, 4.69) is 10.0 Å². The summed E-state index contributed by atoms with van der Waals surface area (Å²) in [6.07, 6.45) is -4.06. The number of carboxylic acid groups (broad SMARTS) is 1. The van der Waals surface area contributed by atoms with E-state index in [1.54, 1.807) is 6.07 Å². The van der Waals surface area contributed by atoms with Gasteiger partial charge < -0.3 is 20.1 Å². The summed E-state index contributed by atoms with van der Waals surface area (Å²) in [6.45, 7) is 4.03. The summed E-state index contributed by atoms with van der Waals surface area (Å²) in [5.74, 6) is -2.71. The van der Waals surface area contributed by atoms with Crippen LogP contribution in [0.2, 0.25) is 0 Å². The van der Waals surface area contributed by atoms with Crippen molar-refractivity contribution in [2.24, 2.45) is 0 Å². The number of aliphatic carboxylic acids is 1. The van der Waals surface area contributed by atoms with Crippen molar-refractivity contribution in [2.75, 3.05) is 44.1 Å². The maximum Gasteiger partial charge on any atom is 0.490 e. The van der Waals surface area contributed by atoms with Gasteiger partial charge in [0.05, 0.1) is 5.25 Å². The van der Waals surface area contributed by atoms with E-state index in [9.17, 15) is 26.4 Å². The molecule has 0 radical (unpaired) electrons. The number of nitrogens with one attached hydrogen (secondary N) is 2. The molecule has 0 aromatic heterocycles. The van der Waals surface area contributed by atoms with Crippen molar-refractivity contribution in [3.8, 4) is 11.1 Å². The third-order valence-electron chi connectivity index (χ3n) is 5.84. The number of sulfonamides is 1. The monoisotopic (exact) mass is 543 g/mol. The number of alkyl halides is 3. The summed E-state index contributed by atoms with van der Waals surface area (Å²) < 4.78 is 65.0. The van der Waals surface area contributed by atoms with Gasteiger partial charge in [-0.25, -0.2) is 13.2 Å². The van der Waals surface area contributed by atoms with Crippen LogP contribution >= 0.6 is 0 Å². The molecule has 2 saturated heterocycles. The summed E-state index contributed by atoms with van der Waals surface area (Å²) >= 11 is 0. The molecule has 0 spiro atoms. The van der Waals surface area contributed by atoms with E-state index in [-0.39, 0.29) is 5.91 Å². The van der Waals surface area contributed by atoms with Gasteiger partial charge in [-0.1, -0.05) is 24.3 Å². The van der Waals surface area contributed by atoms with Crippen LogP contribution in [-0.2, 0) is 19.6 Å². The lowest BCUT2D eigenvalue weighted by Gasteiger charge is -2.27. The molecule has 13 heteroatoms. The van der Waals surface area contributed by atoms with Gasteiger partial charge in [0.15, 0.2) is 0 Å². The van der Waals surface area contributed by atoms with Gasteiger partial charge in [0.1, 0.15) is 0 Å². The Morgan fingerprint density at radius 3 is 2.16 bits per heavy atom. The molecule has 1 amide bonds. The van der Waals surface area contributed by atoms with E-state index in [4.69, 9.17) is 14.6 Å². The fraction of sp³-hybridized carbons (Fsp3) is 0.417. The number of benzene rings is 2. The molecule has 4 rings (SSSR count). The summed E-state index contributed by atoms with van der Waals surface area (Å²) in [6, 6.07) is 14.8. The molecule has 2 fully saturated rings. The number of carbonyl (C=O) groups is 2. The number of halogens is 3. The standard InChI is InChI=1S/C22H27N3O4S.C2HF3O2/c26-22(25-12-10-23-11-13-25)18-6-4-17(5-7-18)19-2-1-3-20(16-19)24-30(27,28)21-8-14-29-15-9-21;3-2(4,5)1(6)7/h1-7,16,21,23-24H,8-15H2;(H,6,7). The Labute approximate surface area is 212 Å². The summed E-state index contributed by atoms with van der Waals surface area (Å²) in [5.41, 5.74) is 3.03. The lowest BCUT2D eigenvalue weighted by Crippen LogP contribution is -2.46. The van der Waals surface area contributed by atoms with Crippen LogP contribution in [0.4, 0.5) is 18.9 Å². The molecule has 2 aliphatic rings. The second-order valence-electron chi connectivity index (χ2n) is 8.46. The molecule has 37 heavy (non-hydrogen) atoms. The van der Waals surface area contributed by atoms with Gasteiger partial charge >= 0.3 is 12.1 Å². The quantitative estimate of drug-likeness (QED) is 0.530. The van der Waals surface area contributed by atoms with Crippen molar-refractivity contribution >= 4 is 27.6 Å². The highest BCUT2D eigenvalue weighted by molar-refractivity contribution is 7.93. The Kier molecular flexibility index (Phi) is 9.51. The van der Waals surface area contributed by atoms with E-state index in [1.165, 1.54) is 0 Å². The maximum absolute atomic E-state index is 12.7. The van der Waals surface area contributed by atoms with Crippen molar-refractivity contribution in [2.45, 2.75) is 24.3 Å². The average Bonchev–Trinajstić information content (AvgIpc) is 2.89. The zero-order valence-corrected chi connectivity index (χ0v) is 20.6. The Morgan fingerprint density at radius 2 is 1.59 bits per heavy atom. The lowest BCUT2D eigenvalue weighted by molar-refractivity contribution is -0.192. The lowest BCUT2D eigenvalue weighted by atomic mass is 10.0. The summed E-state index contributed by atoms with van der Waals surface area (Å²) in [4.78, 5) is 23.4. The van der Waals surface area contributed by atoms with Crippen LogP contribution in [0.3, 0.4) is 0 Å². The molecule has 0 atom stereocenters. The topological polar surface area (TPSA) is 125 Å². The van der Waals surface area contributed by atoms with Gasteiger partial charge in [0.25, 0.3) is 5.91 Å². The number of carbonyl (C=O) groups excluding carboxylic acids is 1. The second-order valence-corrected chi connectivity index (χ2v) is 10.4. The van der Waals surface area contributed by atoms with E-state index >= 15 is 0 Å². The SMILES string of the molecule is O=C(O)C(F)(F)F.O=C(c1ccc(-c2cccc(NS(=O)(=O)C3CCOCC3)c2)cc1)N1CCNCC1. The molecule has 2 aliphatic heterocycles. The molecule has 202 valence electrons. The summed E-state index contributed by atoms with van der Waals surface area (Å²) in [5, 5.41) is 9.94. The zero-order chi connectivity index (χ0) is 27.1. The molecule has 0 unspecified atom stereocenters. The van der Waals surface area contributed by atoms with Crippen molar-refractivity contribution in [1.82, 2.24) is 10.2 Å². The Hall–Kier alpha value is -3.16. The number of piperazine rings is 1. The van der Waals surface area contributed by atoms with E-state index in [0.29, 0.717) is 37.3 Å². The number of hydrogen-bond donors (Lipinski definition) is 3. The number of carboxylic acids is 1. The third kappa shape index (κ3) is 8.17. The highest BCUT2D eigenvalue weighted by Crippen LogP contribution is 2.26. The minimum atomic E-state index is -5.08. The summed E-state index contributed by atoms with van der Waals surface area (Å²) in [7, 11) is -3.45. The minimum absolute atomic E-state index is 0.0426. The number of rotatable bonds is 5. The van der Waals surface area contributed by atoms with E-state index < -0.39 is 27.4 Å². The van der Waals surface area contributed by atoms with Gasteiger partial charge in [-0.2, -0.15) is 13.2 Å². The van der Waals surface area contributed by atoms with E-state index in [0.717, 1.165) is 37.3 Å². The number of nitrogens with zero attached hydrogens (tertiary/aromatic N) is 1. The number of hydrogen-bond acceptors (Lipinski definition) is 6. The van der Waals surface area contributed by atoms with Gasteiger partial charge in [-0.05, 0) is 48.2 Å². The number of amides is 1. The highest BCUT2D eigenvalue weighted by atomic mass is 32.2. The molecule has 0 saturated carbocycles. The van der Waals surface area contributed by atoms with Crippen LogP contribution in [0, 0.1) is 0 Å². The molecule has 2 aromatic carbocycles. The molecular weight excluding hydrogens is 515 g/mol. The van der Waals surface area contributed by atoms with Gasteiger partial charge in [-0.3, -0.25) is 9.52 Å². The highest BCUT2D eigenvalue weighted by Gasteiger charge is 2.38. The Bertz CT molecular complexity index is 1180. The van der Waals surface area contributed by atoms with Crippen LogP contribution in [0.25, 0.3) is 11.1 Å². The van der Waals surface area contributed by atoms with Crippen molar-refractivity contribution in [3.05, 3.63) is 54.1 Å². The zero-order valence-electron chi connectivity index (χ0n) is 19.8. The average molecular weight is 544 g/mol. The van der Waals surface area contributed by atoms with Crippen LogP contribution in [0.15, 0.2) is 48.5 Å². The Morgan fingerprint density at radius 1 is 1.00 bits per heavy atom. The van der Waals surface area contributed by atoms with Gasteiger partial charge in [-0.15, -0.1) is 0 Å². The first kappa shape index (κ1) is 28.4. The van der Waals surface area contributed by atoms with Crippen LogP contribution in [-0.4, -0.2) is 81.1 Å². The minimum Gasteiger partial charge on any atom is -0.475 e. The van der Waals surface area contributed by atoms with E-state index in [1.807, 2.05) is 47.4 Å². The molecule has 2 heterocycles. The fourth-order valence-electron chi connectivity index (χ4n) is 3.85. The first-order chi connectivity index (χ1) is 17.5. The Balaban J connectivity index is 0.000000479. The largest absolute Gasteiger partial charge is 0.490 e. The molecule has 9 nitrogen and oxygen atoms in total. The number of anilines is 1. The smallest absolute Gasteiger partial charge is 0.475 e. The molecule has 2 aromatic rings. The molecule has 0 aliphatic carbocycles. The third-order valence-corrected chi connectivity index (χ3v) is 7.71. The van der Waals surface area contributed by atoms with Gasteiger partial charge in [0.2, 0.25) is 10.0 Å². The van der Waals surface area contributed by atoms with Crippen LogP contribution < -0.4 is 10.0 Å². The first-order valence-corrected chi connectivity index (χ1v) is 13.1.